The summed E-state index contributed by atoms with van der Waals surface area (Å²) < 4.78 is 0. The summed E-state index contributed by atoms with van der Waals surface area (Å²) in [5.74, 6) is -0.436. The fourth-order valence-corrected chi connectivity index (χ4v) is 2.65. The fourth-order valence-electron chi connectivity index (χ4n) is 2.15. The predicted molar refractivity (Wildman–Crippen MR) is 91.9 cm³/mol. The van der Waals surface area contributed by atoms with Crippen molar-refractivity contribution in [3.05, 3.63) is 63.9 Å². The second kappa shape index (κ2) is 6.90. The Morgan fingerprint density at radius 1 is 1.08 bits per heavy atom. The van der Waals surface area contributed by atoms with Crippen LogP contribution in [0.1, 0.15) is 16.2 Å². The zero-order chi connectivity index (χ0) is 17.1. The van der Waals surface area contributed by atoms with Gasteiger partial charge in [0.15, 0.2) is 0 Å². The molecule has 0 saturated heterocycles. The number of halogens is 2. The lowest BCUT2D eigenvalue weighted by Gasteiger charge is -2.08. The molecule has 0 fully saturated rings. The molecule has 0 atom stereocenters. The highest BCUT2D eigenvalue weighted by atomic mass is 35.5. The third-order valence-corrected chi connectivity index (χ3v) is 3.81. The van der Waals surface area contributed by atoms with Gasteiger partial charge < -0.3 is 4.98 Å². The number of carbonyl (C=O) groups excluding carboxylic acids is 2. The number of rotatable bonds is 3. The predicted octanol–water partition coefficient (Wildman–Crippen LogP) is 2.87. The molecule has 3 N–H and O–H groups in total. The van der Waals surface area contributed by atoms with E-state index in [-0.39, 0.29) is 17.0 Å². The van der Waals surface area contributed by atoms with Crippen LogP contribution in [0.25, 0.3) is 11.0 Å². The molecule has 0 unspecified atom stereocenters. The number of carbonyl (C=O) groups is 2. The maximum Gasteiger partial charge on any atom is 0.271 e. The van der Waals surface area contributed by atoms with Crippen LogP contribution in [0.5, 0.6) is 0 Å². The molecule has 0 spiro atoms. The van der Waals surface area contributed by atoms with Gasteiger partial charge in [-0.25, -0.2) is 4.98 Å². The molecule has 2 amide bonds. The number of fused-ring (bicyclic) bond motifs is 1. The lowest BCUT2D eigenvalue weighted by Crippen LogP contribution is -2.42. The molecular formula is C16H12Cl2N4O2. The van der Waals surface area contributed by atoms with Gasteiger partial charge in [0.1, 0.15) is 5.82 Å². The maximum atomic E-state index is 12.0. The Labute approximate surface area is 147 Å². The third-order valence-electron chi connectivity index (χ3n) is 3.26. The molecule has 8 heteroatoms. The van der Waals surface area contributed by atoms with Gasteiger partial charge in [-0.1, -0.05) is 35.3 Å². The SMILES string of the molecule is O=C(Cc1nc2ccccc2[nH]1)NNC(=O)c1ccc(Cl)cc1Cl. The number of nitrogens with zero attached hydrogens (tertiary/aromatic N) is 1. The van der Waals surface area contributed by atoms with Crippen molar-refractivity contribution in [1.82, 2.24) is 20.8 Å². The average Bonchev–Trinajstić information content (AvgIpc) is 2.94. The van der Waals surface area contributed by atoms with Crippen molar-refractivity contribution in [2.45, 2.75) is 6.42 Å². The Balaban J connectivity index is 1.59. The van der Waals surface area contributed by atoms with Crippen molar-refractivity contribution in [3.8, 4) is 0 Å². The summed E-state index contributed by atoms with van der Waals surface area (Å²) in [5.41, 5.74) is 6.46. The summed E-state index contributed by atoms with van der Waals surface area (Å²) in [6.07, 6.45) is 0.00328. The minimum absolute atomic E-state index is 0.00328. The van der Waals surface area contributed by atoms with Crippen LogP contribution in [-0.4, -0.2) is 21.8 Å². The van der Waals surface area contributed by atoms with E-state index in [0.717, 1.165) is 11.0 Å². The van der Waals surface area contributed by atoms with E-state index in [9.17, 15) is 9.59 Å². The largest absolute Gasteiger partial charge is 0.342 e. The molecule has 0 bridgehead atoms. The minimum Gasteiger partial charge on any atom is -0.342 e. The first-order chi connectivity index (χ1) is 11.5. The smallest absolute Gasteiger partial charge is 0.271 e. The van der Waals surface area contributed by atoms with E-state index < -0.39 is 11.8 Å². The van der Waals surface area contributed by atoms with Crippen LogP contribution in [0.4, 0.5) is 0 Å². The van der Waals surface area contributed by atoms with Crippen LogP contribution in [0.3, 0.4) is 0 Å². The summed E-state index contributed by atoms with van der Waals surface area (Å²) in [5, 5.41) is 0.622. The summed E-state index contributed by atoms with van der Waals surface area (Å²) in [6.45, 7) is 0. The highest BCUT2D eigenvalue weighted by molar-refractivity contribution is 6.36. The number of aromatic amines is 1. The molecule has 122 valence electrons. The van der Waals surface area contributed by atoms with E-state index in [1.165, 1.54) is 12.1 Å². The van der Waals surface area contributed by atoms with Crippen LogP contribution in [0.15, 0.2) is 42.5 Å². The van der Waals surface area contributed by atoms with Crippen molar-refractivity contribution in [1.29, 1.82) is 0 Å². The van der Waals surface area contributed by atoms with Gasteiger partial charge in [0.2, 0.25) is 5.91 Å². The van der Waals surface area contributed by atoms with E-state index in [4.69, 9.17) is 23.2 Å². The number of H-pyrrole nitrogens is 1. The Hall–Kier alpha value is -2.57. The van der Waals surface area contributed by atoms with Crippen molar-refractivity contribution < 1.29 is 9.59 Å². The number of para-hydroxylation sites is 2. The van der Waals surface area contributed by atoms with Crippen LogP contribution >= 0.6 is 23.2 Å². The number of imidazole rings is 1. The quantitative estimate of drug-likeness (QED) is 0.626. The van der Waals surface area contributed by atoms with E-state index in [0.29, 0.717) is 10.8 Å². The lowest BCUT2D eigenvalue weighted by atomic mass is 10.2. The molecule has 0 saturated carbocycles. The maximum absolute atomic E-state index is 12.0. The summed E-state index contributed by atoms with van der Waals surface area (Å²) in [7, 11) is 0. The molecule has 6 nitrogen and oxygen atoms in total. The number of nitrogens with one attached hydrogen (secondary N) is 3. The molecule has 0 radical (unpaired) electrons. The molecular weight excluding hydrogens is 351 g/mol. The van der Waals surface area contributed by atoms with Gasteiger partial charge >= 0.3 is 0 Å². The van der Waals surface area contributed by atoms with Gasteiger partial charge in [0.05, 0.1) is 28.0 Å². The molecule has 2 aromatic carbocycles. The first-order valence-electron chi connectivity index (χ1n) is 7.01. The van der Waals surface area contributed by atoms with Gasteiger partial charge in [0, 0.05) is 5.02 Å². The van der Waals surface area contributed by atoms with Gasteiger partial charge in [-0.2, -0.15) is 0 Å². The lowest BCUT2D eigenvalue weighted by molar-refractivity contribution is -0.121. The van der Waals surface area contributed by atoms with E-state index in [1.54, 1.807) is 6.07 Å². The Bertz CT molecular complexity index is 890. The molecule has 0 aliphatic heterocycles. The van der Waals surface area contributed by atoms with Gasteiger partial charge in [-0.05, 0) is 30.3 Å². The van der Waals surface area contributed by atoms with E-state index in [1.807, 2.05) is 24.3 Å². The number of hydrogen-bond donors (Lipinski definition) is 3. The van der Waals surface area contributed by atoms with Crippen molar-refractivity contribution in [2.75, 3.05) is 0 Å². The standard InChI is InChI=1S/C16H12Cl2N4O2/c17-9-5-6-10(11(18)7-9)16(24)22-21-15(23)8-14-19-12-3-1-2-4-13(12)20-14/h1-7H,8H2,(H,19,20)(H,21,23)(H,22,24). The first kappa shape index (κ1) is 16.3. The van der Waals surface area contributed by atoms with Crippen molar-refractivity contribution in [3.63, 3.8) is 0 Å². The van der Waals surface area contributed by atoms with Gasteiger partial charge in [-0.3, -0.25) is 20.4 Å². The van der Waals surface area contributed by atoms with Crippen molar-refractivity contribution in [2.24, 2.45) is 0 Å². The molecule has 1 aromatic heterocycles. The minimum atomic E-state index is -0.533. The normalized spacial score (nSPS) is 10.6. The second-order valence-corrected chi connectivity index (χ2v) is 5.85. The number of hydrazine groups is 1. The van der Waals surface area contributed by atoms with Crippen molar-refractivity contribution >= 4 is 46.0 Å². The Morgan fingerprint density at radius 3 is 2.62 bits per heavy atom. The Morgan fingerprint density at radius 2 is 1.88 bits per heavy atom. The zero-order valence-corrected chi connectivity index (χ0v) is 13.8. The third kappa shape index (κ3) is 3.67. The highest BCUT2D eigenvalue weighted by Gasteiger charge is 2.13. The Kier molecular flexibility index (Phi) is 4.69. The molecule has 0 aliphatic carbocycles. The molecule has 0 aliphatic rings. The molecule has 3 aromatic rings. The van der Waals surface area contributed by atoms with Crippen LogP contribution in [-0.2, 0) is 11.2 Å². The summed E-state index contributed by atoms with van der Waals surface area (Å²) >= 11 is 11.7. The summed E-state index contributed by atoms with van der Waals surface area (Å²) in [6, 6.07) is 11.9. The number of aromatic nitrogens is 2. The number of benzene rings is 2. The summed E-state index contributed by atoms with van der Waals surface area (Å²) in [4.78, 5) is 31.3. The number of hydrogen-bond acceptors (Lipinski definition) is 3. The van der Waals surface area contributed by atoms with Crippen LogP contribution < -0.4 is 10.9 Å². The van der Waals surface area contributed by atoms with Crippen LogP contribution in [0, 0.1) is 0 Å². The van der Waals surface area contributed by atoms with Gasteiger partial charge in [-0.15, -0.1) is 0 Å². The van der Waals surface area contributed by atoms with E-state index >= 15 is 0 Å². The molecule has 1 heterocycles. The topological polar surface area (TPSA) is 86.9 Å². The fraction of sp³-hybridized carbons (Fsp3) is 0.0625. The second-order valence-electron chi connectivity index (χ2n) is 5.00. The zero-order valence-electron chi connectivity index (χ0n) is 12.3. The highest BCUT2D eigenvalue weighted by Crippen LogP contribution is 2.20. The van der Waals surface area contributed by atoms with E-state index in [2.05, 4.69) is 20.8 Å². The van der Waals surface area contributed by atoms with Crippen LogP contribution in [0.2, 0.25) is 10.0 Å². The van der Waals surface area contributed by atoms with Gasteiger partial charge in [0.25, 0.3) is 5.91 Å². The monoisotopic (exact) mass is 362 g/mol. The first-order valence-corrected chi connectivity index (χ1v) is 7.76. The average molecular weight is 363 g/mol. The molecule has 3 rings (SSSR count). The number of amides is 2. The molecule has 24 heavy (non-hydrogen) atoms.